The van der Waals surface area contributed by atoms with Crippen LogP contribution in [0, 0.1) is 0 Å². The summed E-state index contributed by atoms with van der Waals surface area (Å²) in [4.78, 5) is 13.0. The fraction of sp³-hybridized carbons (Fsp3) is 0.312. The second-order valence-electron chi connectivity index (χ2n) is 4.92. The first-order chi connectivity index (χ1) is 10.8. The van der Waals surface area contributed by atoms with Gasteiger partial charge in [0.15, 0.2) is 11.5 Å². The van der Waals surface area contributed by atoms with Crippen LogP contribution in [0.3, 0.4) is 0 Å². The Labute approximate surface area is 133 Å². The fourth-order valence-electron chi connectivity index (χ4n) is 2.20. The number of nitrogens with one attached hydrogen (secondary N) is 2. The van der Waals surface area contributed by atoms with E-state index < -0.39 is 0 Å². The molecule has 1 aromatic heterocycles. The van der Waals surface area contributed by atoms with Gasteiger partial charge in [0.25, 0.3) is 0 Å². The number of carbonyl (C=O) groups excluding carboxylic acids is 1. The lowest BCUT2D eigenvalue weighted by molar-refractivity contribution is 0.171. The molecule has 0 saturated carbocycles. The summed E-state index contributed by atoms with van der Waals surface area (Å²) in [5.41, 5.74) is 0.984. The largest absolute Gasteiger partial charge is 0.486 e. The molecule has 2 aromatic rings. The van der Waals surface area contributed by atoms with E-state index in [4.69, 9.17) is 9.47 Å². The molecule has 22 heavy (non-hydrogen) atoms. The number of fused-ring (bicyclic) bond motifs is 1. The first-order valence-electron chi connectivity index (χ1n) is 7.24. The van der Waals surface area contributed by atoms with Gasteiger partial charge in [0.2, 0.25) is 0 Å². The molecule has 0 aliphatic carbocycles. The third-order valence-corrected chi connectivity index (χ3v) is 4.23. The second kappa shape index (κ2) is 7.17. The molecule has 0 radical (unpaired) electrons. The Morgan fingerprint density at radius 2 is 2.00 bits per heavy atom. The molecule has 0 bridgehead atoms. The molecular formula is C16H18N2O3S. The monoisotopic (exact) mass is 318 g/mol. The highest BCUT2D eigenvalue weighted by atomic mass is 32.1. The highest BCUT2D eigenvalue weighted by Crippen LogP contribution is 2.30. The SMILES string of the molecule is O=C(NCCc1cccs1)NCc1ccc2c(c1)OCCO2. The molecule has 116 valence electrons. The molecule has 6 heteroatoms. The lowest BCUT2D eigenvalue weighted by atomic mass is 10.2. The third-order valence-electron chi connectivity index (χ3n) is 3.30. The zero-order chi connectivity index (χ0) is 15.2. The standard InChI is InChI=1S/C16H18N2O3S/c19-16(17-6-5-13-2-1-9-22-13)18-11-12-3-4-14-15(10-12)21-8-7-20-14/h1-4,9-10H,5-8,11H2,(H2,17,18,19). The minimum absolute atomic E-state index is 0.161. The Morgan fingerprint density at radius 1 is 1.14 bits per heavy atom. The van der Waals surface area contributed by atoms with Crippen molar-refractivity contribution < 1.29 is 14.3 Å². The number of urea groups is 1. The number of carbonyl (C=O) groups is 1. The summed E-state index contributed by atoms with van der Waals surface area (Å²) in [6, 6.07) is 9.63. The van der Waals surface area contributed by atoms with Gasteiger partial charge in [0.05, 0.1) is 0 Å². The van der Waals surface area contributed by atoms with Gasteiger partial charge in [0.1, 0.15) is 13.2 Å². The van der Waals surface area contributed by atoms with E-state index in [9.17, 15) is 4.79 Å². The van der Waals surface area contributed by atoms with E-state index in [-0.39, 0.29) is 6.03 Å². The van der Waals surface area contributed by atoms with Crippen LogP contribution in [0.15, 0.2) is 35.7 Å². The van der Waals surface area contributed by atoms with Gasteiger partial charge in [-0.2, -0.15) is 0 Å². The maximum atomic E-state index is 11.8. The number of hydrogen-bond donors (Lipinski definition) is 2. The Hall–Kier alpha value is -2.21. The average molecular weight is 318 g/mol. The number of rotatable bonds is 5. The van der Waals surface area contributed by atoms with Gasteiger partial charge in [-0.3, -0.25) is 0 Å². The Kier molecular flexibility index (Phi) is 4.80. The van der Waals surface area contributed by atoms with Crippen molar-refractivity contribution >= 4 is 17.4 Å². The van der Waals surface area contributed by atoms with E-state index in [2.05, 4.69) is 16.7 Å². The Balaban J connectivity index is 1.42. The lowest BCUT2D eigenvalue weighted by Crippen LogP contribution is -2.36. The maximum absolute atomic E-state index is 11.8. The van der Waals surface area contributed by atoms with Crippen LogP contribution in [0.2, 0.25) is 0 Å². The van der Waals surface area contributed by atoms with Gasteiger partial charge in [-0.15, -0.1) is 11.3 Å². The summed E-state index contributed by atoms with van der Waals surface area (Å²) in [6.45, 7) is 2.24. The zero-order valence-corrected chi connectivity index (χ0v) is 12.9. The van der Waals surface area contributed by atoms with E-state index >= 15 is 0 Å². The second-order valence-corrected chi connectivity index (χ2v) is 5.95. The van der Waals surface area contributed by atoms with Crippen LogP contribution in [0.5, 0.6) is 11.5 Å². The highest BCUT2D eigenvalue weighted by molar-refractivity contribution is 7.09. The van der Waals surface area contributed by atoms with E-state index in [0.717, 1.165) is 23.5 Å². The molecule has 1 aliphatic heterocycles. The molecule has 1 aromatic carbocycles. The first kappa shape index (κ1) is 14.7. The molecule has 5 nitrogen and oxygen atoms in total. The number of ether oxygens (including phenoxy) is 2. The molecule has 0 unspecified atom stereocenters. The predicted octanol–water partition coefficient (Wildman–Crippen LogP) is 2.56. The van der Waals surface area contributed by atoms with Gasteiger partial charge >= 0.3 is 6.03 Å². The molecule has 3 rings (SSSR count). The van der Waals surface area contributed by atoms with Crippen LogP contribution >= 0.6 is 11.3 Å². The molecule has 2 heterocycles. The molecular weight excluding hydrogens is 300 g/mol. The third kappa shape index (κ3) is 3.92. The van der Waals surface area contributed by atoms with Crippen LogP contribution < -0.4 is 20.1 Å². The van der Waals surface area contributed by atoms with Crippen molar-refractivity contribution in [3.8, 4) is 11.5 Å². The van der Waals surface area contributed by atoms with Crippen molar-refractivity contribution in [1.29, 1.82) is 0 Å². The molecule has 2 amide bonds. The van der Waals surface area contributed by atoms with E-state index in [1.165, 1.54) is 4.88 Å². The summed E-state index contributed by atoms with van der Waals surface area (Å²) in [5.74, 6) is 1.50. The summed E-state index contributed by atoms with van der Waals surface area (Å²) < 4.78 is 11.0. The van der Waals surface area contributed by atoms with Crippen molar-refractivity contribution in [2.24, 2.45) is 0 Å². The molecule has 1 aliphatic rings. The van der Waals surface area contributed by atoms with Gasteiger partial charge in [0, 0.05) is 18.0 Å². The van der Waals surface area contributed by atoms with Crippen LogP contribution in [-0.4, -0.2) is 25.8 Å². The number of benzene rings is 1. The number of hydrogen-bond acceptors (Lipinski definition) is 4. The fourth-order valence-corrected chi connectivity index (χ4v) is 2.91. The average Bonchev–Trinajstić information content (AvgIpc) is 3.06. The van der Waals surface area contributed by atoms with Gasteiger partial charge < -0.3 is 20.1 Å². The highest BCUT2D eigenvalue weighted by Gasteiger charge is 2.11. The van der Waals surface area contributed by atoms with Crippen molar-refractivity contribution in [3.63, 3.8) is 0 Å². The number of amides is 2. The summed E-state index contributed by atoms with van der Waals surface area (Å²) >= 11 is 1.70. The zero-order valence-electron chi connectivity index (χ0n) is 12.1. The van der Waals surface area contributed by atoms with Crippen molar-refractivity contribution in [2.75, 3.05) is 19.8 Å². The maximum Gasteiger partial charge on any atom is 0.315 e. The van der Waals surface area contributed by atoms with Crippen LogP contribution in [0.4, 0.5) is 4.79 Å². The van der Waals surface area contributed by atoms with Gasteiger partial charge in [-0.25, -0.2) is 4.79 Å². The minimum Gasteiger partial charge on any atom is -0.486 e. The molecule has 0 spiro atoms. The predicted molar refractivity (Wildman–Crippen MR) is 85.7 cm³/mol. The first-order valence-corrected chi connectivity index (χ1v) is 8.12. The summed E-state index contributed by atoms with van der Waals surface area (Å²) in [7, 11) is 0. The van der Waals surface area contributed by atoms with E-state index in [1.807, 2.05) is 29.6 Å². The van der Waals surface area contributed by atoms with Crippen LogP contribution in [0.1, 0.15) is 10.4 Å². The van der Waals surface area contributed by atoms with Crippen LogP contribution in [-0.2, 0) is 13.0 Å². The van der Waals surface area contributed by atoms with Crippen molar-refractivity contribution in [3.05, 3.63) is 46.2 Å². The molecule has 0 fully saturated rings. The smallest absolute Gasteiger partial charge is 0.315 e. The lowest BCUT2D eigenvalue weighted by Gasteiger charge is -2.19. The number of thiophene rings is 1. The van der Waals surface area contributed by atoms with E-state index in [1.54, 1.807) is 11.3 Å². The normalized spacial score (nSPS) is 12.7. The summed E-state index contributed by atoms with van der Waals surface area (Å²) in [6.07, 6.45) is 0.856. The van der Waals surface area contributed by atoms with Crippen molar-refractivity contribution in [1.82, 2.24) is 10.6 Å². The Bertz CT molecular complexity index is 628. The van der Waals surface area contributed by atoms with Gasteiger partial charge in [-0.05, 0) is 35.6 Å². The molecule has 0 atom stereocenters. The molecule has 2 N–H and O–H groups in total. The topological polar surface area (TPSA) is 59.6 Å². The van der Waals surface area contributed by atoms with Crippen LogP contribution in [0.25, 0.3) is 0 Å². The van der Waals surface area contributed by atoms with Crippen molar-refractivity contribution in [2.45, 2.75) is 13.0 Å². The Morgan fingerprint density at radius 3 is 2.82 bits per heavy atom. The van der Waals surface area contributed by atoms with Gasteiger partial charge in [-0.1, -0.05) is 12.1 Å². The molecule has 0 saturated heterocycles. The van der Waals surface area contributed by atoms with E-state index in [0.29, 0.717) is 26.3 Å². The minimum atomic E-state index is -0.161. The quantitative estimate of drug-likeness (QED) is 0.891. The summed E-state index contributed by atoms with van der Waals surface area (Å²) in [5, 5.41) is 7.74.